The number of aliphatic imine (C=N–C) groups is 1. The van der Waals surface area contributed by atoms with Gasteiger partial charge in [0.2, 0.25) is 0 Å². The second-order valence-corrected chi connectivity index (χ2v) is 10.1. The van der Waals surface area contributed by atoms with Gasteiger partial charge in [0.25, 0.3) is 0 Å². The molecule has 1 saturated carbocycles. The second kappa shape index (κ2) is 11.0. The molecular weight excluding hydrogens is 475 g/mol. The van der Waals surface area contributed by atoms with Crippen molar-refractivity contribution in [2.75, 3.05) is 50.8 Å². The molecule has 3 aliphatic rings. The van der Waals surface area contributed by atoms with Gasteiger partial charge in [-0.25, -0.2) is 8.42 Å². The van der Waals surface area contributed by atoms with Crippen LogP contribution in [0.25, 0.3) is 0 Å². The molecule has 1 unspecified atom stereocenters. The predicted molar refractivity (Wildman–Crippen MR) is 123 cm³/mol. The molecule has 0 aromatic heterocycles. The normalized spacial score (nSPS) is 27.2. The van der Waals surface area contributed by atoms with Gasteiger partial charge in [-0.3, -0.25) is 9.89 Å². The molecule has 2 saturated heterocycles. The second-order valence-electron chi connectivity index (χ2n) is 7.92. The Bertz CT molecular complexity index is 597. The van der Waals surface area contributed by atoms with Crippen LogP contribution in [-0.2, 0) is 9.84 Å². The van der Waals surface area contributed by atoms with E-state index in [-0.39, 0.29) is 29.9 Å². The van der Waals surface area contributed by atoms with Gasteiger partial charge in [-0.05, 0) is 25.2 Å². The van der Waals surface area contributed by atoms with Crippen LogP contribution in [0, 0.1) is 5.92 Å². The Morgan fingerprint density at radius 2 is 1.81 bits per heavy atom. The summed E-state index contributed by atoms with van der Waals surface area (Å²) in [5.41, 5.74) is 0. The van der Waals surface area contributed by atoms with E-state index in [0.717, 1.165) is 44.6 Å². The number of sulfone groups is 1. The molecule has 0 amide bonds. The van der Waals surface area contributed by atoms with Crippen molar-refractivity contribution >= 4 is 39.8 Å². The Balaban J connectivity index is 0.00000261. The molecule has 1 atom stereocenters. The van der Waals surface area contributed by atoms with Crippen LogP contribution in [0.3, 0.4) is 0 Å². The molecule has 1 N–H and O–H groups in total. The third kappa shape index (κ3) is 6.88. The Labute approximate surface area is 181 Å². The number of guanidine groups is 1. The molecule has 8 heteroatoms. The third-order valence-corrected chi connectivity index (χ3v) is 7.77. The minimum atomic E-state index is -2.83. The summed E-state index contributed by atoms with van der Waals surface area (Å²) in [6, 6.07) is 0.774. The maximum absolute atomic E-state index is 11.7. The highest BCUT2D eigenvalue weighted by atomic mass is 127. The number of halogens is 1. The Kier molecular flexibility index (Phi) is 9.34. The highest BCUT2D eigenvalue weighted by Gasteiger charge is 2.29. The van der Waals surface area contributed by atoms with Crippen LogP contribution in [-0.4, -0.2) is 81.0 Å². The summed E-state index contributed by atoms with van der Waals surface area (Å²) in [5.74, 6) is 1.70. The zero-order chi connectivity index (χ0) is 18.4. The predicted octanol–water partition coefficient (Wildman–Crippen LogP) is 2.12. The van der Waals surface area contributed by atoms with Gasteiger partial charge >= 0.3 is 0 Å². The minimum absolute atomic E-state index is 0. The molecule has 6 nitrogen and oxygen atoms in total. The molecule has 0 spiro atoms. The standard InChI is InChI=1S/C19H34N4O2S.HI/c1-2-9-20-19(21-15-17-8-14-26(24,25)16-17)23-12-10-22(11-13-23)18-6-4-3-5-7-18;/h2,17-18H,1,3-16H2,(H,20,21);1H. The van der Waals surface area contributed by atoms with Gasteiger partial charge < -0.3 is 10.2 Å². The number of hydrogen-bond acceptors (Lipinski definition) is 4. The van der Waals surface area contributed by atoms with Gasteiger partial charge in [0.1, 0.15) is 0 Å². The molecule has 2 aliphatic heterocycles. The largest absolute Gasteiger partial charge is 0.353 e. The zero-order valence-corrected chi connectivity index (χ0v) is 19.5. The molecule has 27 heavy (non-hydrogen) atoms. The van der Waals surface area contributed by atoms with Crippen molar-refractivity contribution in [2.24, 2.45) is 10.9 Å². The SMILES string of the molecule is C=CCNC(=NCC1CCS(=O)(=O)C1)N1CCN(C2CCCCC2)CC1.I. The lowest BCUT2D eigenvalue weighted by Gasteiger charge is -2.41. The fraction of sp³-hybridized carbons (Fsp3) is 0.842. The molecule has 156 valence electrons. The van der Waals surface area contributed by atoms with Crippen molar-refractivity contribution in [3.63, 3.8) is 0 Å². The molecule has 3 rings (SSSR count). The van der Waals surface area contributed by atoms with Crippen molar-refractivity contribution in [3.8, 4) is 0 Å². The average Bonchev–Trinajstić information content (AvgIpc) is 3.02. The molecule has 2 heterocycles. The van der Waals surface area contributed by atoms with Gasteiger partial charge in [-0.2, -0.15) is 0 Å². The first-order valence-corrected chi connectivity index (χ1v) is 12.0. The number of hydrogen-bond donors (Lipinski definition) is 1. The number of rotatable bonds is 5. The first kappa shape index (κ1) is 22.9. The summed E-state index contributed by atoms with van der Waals surface area (Å²) in [4.78, 5) is 9.75. The lowest BCUT2D eigenvalue weighted by Crippen LogP contribution is -2.55. The van der Waals surface area contributed by atoms with E-state index >= 15 is 0 Å². The van der Waals surface area contributed by atoms with Crippen LogP contribution in [0.5, 0.6) is 0 Å². The van der Waals surface area contributed by atoms with Crippen molar-refractivity contribution in [1.29, 1.82) is 0 Å². The summed E-state index contributed by atoms with van der Waals surface area (Å²) >= 11 is 0. The smallest absolute Gasteiger partial charge is 0.194 e. The van der Waals surface area contributed by atoms with Crippen LogP contribution in [0.1, 0.15) is 38.5 Å². The highest BCUT2D eigenvalue weighted by molar-refractivity contribution is 14.0. The first-order valence-electron chi connectivity index (χ1n) is 10.2. The Morgan fingerprint density at radius 1 is 1.11 bits per heavy atom. The summed E-state index contributed by atoms with van der Waals surface area (Å²) in [7, 11) is -2.83. The maximum atomic E-state index is 11.7. The summed E-state index contributed by atoms with van der Waals surface area (Å²) in [6.45, 7) is 9.23. The monoisotopic (exact) mass is 510 g/mol. The fourth-order valence-corrected chi connectivity index (χ4v) is 6.26. The Hall–Kier alpha value is -0.350. The first-order chi connectivity index (χ1) is 12.6. The van der Waals surface area contributed by atoms with E-state index in [2.05, 4.69) is 21.7 Å². The molecular formula is C19H35IN4O2S. The van der Waals surface area contributed by atoms with Crippen LogP contribution >= 0.6 is 24.0 Å². The number of nitrogens with one attached hydrogen (secondary N) is 1. The lowest BCUT2D eigenvalue weighted by molar-refractivity contribution is 0.106. The van der Waals surface area contributed by atoms with Gasteiger partial charge in [0.05, 0.1) is 11.5 Å². The maximum Gasteiger partial charge on any atom is 0.194 e. The molecule has 3 fully saturated rings. The Morgan fingerprint density at radius 3 is 2.41 bits per heavy atom. The van der Waals surface area contributed by atoms with Crippen molar-refractivity contribution < 1.29 is 8.42 Å². The van der Waals surface area contributed by atoms with Gasteiger partial charge in [0, 0.05) is 45.3 Å². The fourth-order valence-electron chi connectivity index (χ4n) is 4.41. The van der Waals surface area contributed by atoms with E-state index < -0.39 is 9.84 Å². The van der Waals surface area contributed by atoms with E-state index in [1.54, 1.807) is 0 Å². The molecule has 0 radical (unpaired) electrons. The highest BCUT2D eigenvalue weighted by Crippen LogP contribution is 2.23. The average molecular weight is 510 g/mol. The molecule has 0 aromatic rings. The molecule has 1 aliphatic carbocycles. The third-order valence-electron chi connectivity index (χ3n) is 5.94. The topological polar surface area (TPSA) is 65.0 Å². The number of nitrogens with zero attached hydrogens (tertiary/aromatic N) is 3. The van der Waals surface area contributed by atoms with Crippen LogP contribution in [0.4, 0.5) is 0 Å². The van der Waals surface area contributed by atoms with E-state index in [4.69, 9.17) is 4.99 Å². The van der Waals surface area contributed by atoms with Crippen molar-refractivity contribution in [2.45, 2.75) is 44.6 Å². The summed E-state index contributed by atoms with van der Waals surface area (Å²) in [6.07, 6.45) is 9.45. The lowest BCUT2D eigenvalue weighted by atomic mass is 9.94. The van der Waals surface area contributed by atoms with E-state index in [1.165, 1.54) is 32.1 Å². The van der Waals surface area contributed by atoms with E-state index in [1.807, 2.05) is 6.08 Å². The van der Waals surface area contributed by atoms with Crippen LogP contribution < -0.4 is 5.32 Å². The van der Waals surface area contributed by atoms with Crippen LogP contribution in [0.15, 0.2) is 17.6 Å². The van der Waals surface area contributed by atoms with Crippen molar-refractivity contribution in [1.82, 2.24) is 15.1 Å². The molecule has 0 bridgehead atoms. The summed E-state index contributed by atoms with van der Waals surface area (Å²) in [5, 5.41) is 3.37. The van der Waals surface area contributed by atoms with E-state index in [9.17, 15) is 8.42 Å². The van der Waals surface area contributed by atoms with Crippen LogP contribution in [0.2, 0.25) is 0 Å². The quantitative estimate of drug-likeness (QED) is 0.266. The van der Waals surface area contributed by atoms with E-state index in [0.29, 0.717) is 24.6 Å². The minimum Gasteiger partial charge on any atom is -0.353 e. The summed E-state index contributed by atoms with van der Waals surface area (Å²) < 4.78 is 23.3. The molecule has 0 aromatic carbocycles. The van der Waals surface area contributed by atoms with Gasteiger partial charge in [0.15, 0.2) is 15.8 Å². The van der Waals surface area contributed by atoms with Crippen molar-refractivity contribution in [3.05, 3.63) is 12.7 Å². The zero-order valence-electron chi connectivity index (χ0n) is 16.3. The van der Waals surface area contributed by atoms with Gasteiger partial charge in [-0.1, -0.05) is 25.3 Å². The van der Waals surface area contributed by atoms with Gasteiger partial charge in [-0.15, -0.1) is 30.6 Å². The number of piperazine rings is 1.